The average molecular weight is 484 g/mol. The molecule has 0 spiro atoms. The molecule has 0 aliphatic carbocycles. The number of aromatic nitrogens is 2. The summed E-state index contributed by atoms with van der Waals surface area (Å²) in [6, 6.07) is 15.8. The van der Waals surface area contributed by atoms with E-state index in [4.69, 9.17) is 14.7 Å². The van der Waals surface area contributed by atoms with Gasteiger partial charge in [-0.2, -0.15) is 5.10 Å². The van der Waals surface area contributed by atoms with Gasteiger partial charge in [0.25, 0.3) is 0 Å². The van der Waals surface area contributed by atoms with Crippen molar-refractivity contribution in [3.05, 3.63) is 77.7 Å². The summed E-state index contributed by atoms with van der Waals surface area (Å²) in [4.78, 5) is 22.1. The molecule has 0 fully saturated rings. The number of hydrogen-bond acceptors (Lipinski definition) is 5. The Morgan fingerprint density at radius 2 is 1.82 bits per heavy atom. The smallest absolute Gasteiger partial charge is 0.310 e. The predicted molar refractivity (Wildman–Crippen MR) is 129 cm³/mol. The summed E-state index contributed by atoms with van der Waals surface area (Å²) in [6.45, 7) is 4.02. The molecule has 0 radical (unpaired) electrons. The maximum Gasteiger partial charge on any atom is 0.310 e. The van der Waals surface area contributed by atoms with E-state index in [9.17, 15) is 18.5 Å². The molecule has 0 aliphatic heterocycles. The van der Waals surface area contributed by atoms with Crippen molar-refractivity contribution >= 4 is 25.9 Å². The van der Waals surface area contributed by atoms with Gasteiger partial charge in [0, 0.05) is 11.1 Å². The lowest BCUT2D eigenvalue weighted by molar-refractivity contribution is -0.139. The number of carboxylic acids is 1. The van der Waals surface area contributed by atoms with E-state index in [-0.39, 0.29) is 18.3 Å². The third kappa shape index (κ3) is 6.59. The number of carboxylic acid groups (broad SMARTS) is 1. The minimum atomic E-state index is -2.69. The fourth-order valence-corrected chi connectivity index (χ4v) is 4.26. The summed E-state index contributed by atoms with van der Waals surface area (Å²) in [7, 11) is -2.69. The van der Waals surface area contributed by atoms with Gasteiger partial charge in [-0.05, 0) is 42.3 Å². The zero-order valence-corrected chi connectivity index (χ0v) is 19.9. The lowest BCUT2D eigenvalue weighted by Gasteiger charge is -2.09. The lowest BCUT2D eigenvalue weighted by Crippen LogP contribution is -2.09. The maximum atomic E-state index is 13.6. The number of carbonyl (C=O) groups is 2. The number of halogens is 1. The number of Topliss-reactive ketones (excluding diaryl/α,β-unsaturated/α-hetero) is 1. The lowest BCUT2D eigenvalue weighted by atomic mass is 9.99. The van der Waals surface area contributed by atoms with Crippen LogP contribution < -0.4 is 0 Å². The molecule has 2 aromatic carbocycles. The molecule has 34 heavy (non-hydrogen) atoms. The van der Waals surface area contributed by atoms with Crippen LogP contribution >= 0.6 is 8.03 Å². The molecule has 0 amide bonds. The molecule has 1 unspecified atom stereocenters. The van der Waals surface area contributed by atoms with Gasteiger partial charge in [-0.1, -0.05) is 44.2 Å². The Labute approximate surface area is 197 Å². The van der Waals surface area contributed by atoms with Crippen LogP contribution in [0.2, 0.25) is 0 Å². The Kier molecular flexibility index (Phi) is 8.68. The first-order chi connectivity index (χ1) is 16.3. The summed E-state index contributed by atoms with van der Waals surface area (Å²) in [5.74, 6) is -2.15. The first kappa shape index (κ1) is 25.3. The molecule has 7 nitrogen and oxygen atoms in total. The van der Waals surface area contributed by atoms with Gasteiger partial charge in [0.2, 0.25) is 0 Å². The molecule has 178 valence electrons. The maximum absolute atomic E-state index is 13.6. The highest BCUT2D eigenvalue weighted by atomic mass is 31.1. The van der Waals surface area contributed by atoms with Gasteiger partial charge in [-0.3, -0.25) is 14.2 Å². The number of benzene rings is 2. The first-order valence-corrected chi connectivity index (χ1v) is 12.3. The molecular formula is C25H26FN2O5P. The van der Waals surface area contributed by atoms with E-state index in [1.165, 1.54) is 12.1 Å². The third-order valence-electron chi connectivity index (χ3n) is 4.93. The summed E-state index contributed by atoms with van der Waals surface area (Å²) < 4.78 is 32.7. The summed E-state index contributed by atoms with van der Waals surface area (Å²) in [5.41, 5.74) is 4.04. The largest absolute Gasteiger partial charge is 0.481 e. The average Bonchev–Trinajstić information content (AvgIpc) is 3.17. The molecule has 3 rings (SSSR count). The van der Waals surface area contributed by atoms with E-state index in [1.807, 2.05) is 54.9 Å². The van der Waals surface area contributed by atoms with Gasteiger partial charge in [-0.15, -0.1) is 0 Å². The van der Waals surface area contributed by atoms with Crippen molar-refractivity contribution in [1.82, 2.24) is 9.78 Å². The summed E-state index contributed by atoms with van der Waals surface area (Å²) >= 11 is 0. The molecule has 0 saturated heterocycles. The van der Waals surface area contributed by atoms with Crippen LogP contribution in [0.4, 0.5) is 4.39 Å². The Morgan fingerprint density at radius 3 is 2.44 bits per heavy atom. The van der Waals surface area contributed by atoms with Crippen molar-refractivity contribution in [1.29, 1.82) is 0 Å². The van der Waals surface area contributed by atoms with Crippen LogP contribution in [0.3, 0.4) is 0 Å². The zero-order valence-electron chi connectivity index (χ0n) is 18.9. The van der Waals surface area contributed by atoms with Gasteiger partial charge in [0.15, 0.2) is 13.8 Å². The first-order valence-electron chi connectivity index (χ1n) is 10.8. The standard InChI is InChI=1S/C25H26FN2O5P/c1-17(2)24-22(9-6-14-33-34(32)16-21(29)15-23(30)31)25(18-10-12-19(26)13-11-18)28(27-24)20-7-4-3-5-8-20/h3-13,17,34H,14-16H2,1-2H3,(H,30,31). The second-order valence-corrected chi connectivity index (χ2v) is 9.31. The van der Waals surface area contributed by atoms with Crippen LogP contribution in [0.15, 0.2) is 60.7 Å². The molecule has 1 N–H and O–H groups in total. The monoisotopic (exact) mass is 484 g/mol. The van der Waals surface area contributed by atoms with Gasteiger partial charge in [-0.25, -0.2) is 9.07 Å². The summed E-state index contributed by atoms with van der Waals surface area (Å²) in [5, 5.41) is 13.5. The fourth-order valence-electron chi connectivity index (χ4n) is 3.43. The van der Waals surface area contributed by atoms with Crippen molar-refractivity contribution in [3.8, 4) is 16.9 Å². The van der Waals surface area contributed by atoms with E-state index in [1.54, 1.807) is 18.2 Å². The SMILES string of the molecule is CC(C)c1nn(-c2ccccc2)c(-c2ccc(F)cc2)c1C=CCO[PH](=O)CC(=O)CC(=O)O. The van der Waals surface area contributed by atoms with Gasteiger partial charge >= 0.3 is 5.97 Å². The van der Waals surface area contributed by atoms with Crippen molar-refractivity contribution in [2.45, 2.75) is 26.2 Å². The zero-order chi connectivity index (χ0) is 24.7. The van der Waals surface area contributed by atoms with Gasteiger partial charge in [0.1, 0.15) is 12.2 Å². The Bertz CT molecular complexity index is 1200. The normalized spacial score (nSPS) is 12.4. The van der Waals surface area contributed by atoms with Crippen LogP contribution in [0.1, 0.15) is 37.4 Å². The van der Waals surface area contributed by atoms with Crippen molar-refractivity contribution in [2.24, 2.45) is 0 Å². The molecule has 1 atom stereocenters. The highest BCUT2D eigenvalue weighted by Gasteiger charge is 2.21. The molecular weight excluding hydrogens is 458 g/mol. The van der Waals surface area contributed by atoms with E-state index in [0.29, 0.717) is 0 Å². The topological polar surface area (TPSA) is 98.5 Å². The predicted octanol–water partition coefficient (Wildman–Crippen LogP) is 5.35. The number of carbonyl (C=O) groups excluding carboxylic acids is 1. The van der Waals surface area contributed by atoms with Crippen LogP contribution in [0.5, 0.6) is 0 Å². The number of aliphatic carboxylic acids is 1. The van der Waals surface area contributed by atoms with Crippen LogP contribution in [-0.4, -0.2) is 39.4 Å². The molecule has 3 aromatic rings. The highest BCUT2D eigenvalue weighted by Crippen LogP contribution is 2.34. The highest BCUT2D eigenvalue weighted by molar-refractivity contribution is 7.40. The van der Waals surface area contributed by atoms with Crippen LogP contribution in [0, 0.1) is 5.82 Å². The molecule has 1 aromatic heterocycles. The molecule has 0 bridgehead atoms. The van der Waals surface area contributed by atoms with Crippen molar-refractivity contribution in [2.75, 3.05) is 12.8 Å². The Balaban J connectivity index is 1.92. The van der Waals surface area contributed by atoms with Crippen molar-refractivity contribution < 1.29 is 28.2 Å². The minimum Gasteiger partial charge on any atom is -0.481 e. The Morgan fingerprint density at radius 1 is 1.15 bits per heavy atom. The molecule has 9 heteroatoms. The molecule has 0 saturated carbocycles. The number of rotatable bonds is 11. The molecule has 1 heterocycles. The number of para-hydroxylation sites is 1. The van der Waals surface area contributed by atoms with Gasteiger partial charge in [0.05, 0.1) is 29.8 Å². The van der Waals surface area contributed by atoms with Crippen molar-refractivity contribution in [3.63, 3.8) is 0 Å². The van der Waals surface area contributed by atoms with E-state index in [2.05, 4.69) is 0 Å². The number of hydrogen-bond donors (Lipinski definition) is 1. The summed E-state index contributed by atoms with van der Waals surface area (Å²) in [6.07, 6.45) is 2.41. The second-order valence-electron chi connectivity index (χ2n) is 7.93. The second kappa shape index (κ2) is 11.7. The van der Waals surface area contributed by atoms with E-state index < -0.39 is 32.4 Å². The van der Waals surface area contributed by atoms with E-state index >= 15 is 0 Å². The number of ketones is 1. The number of nitrogens with zero attached hydrogens (tertiary/aromatic N) is 2. The third-order valence-corrected chi connectivity index (χ3v) is 6.10. The quantitative estimate of drug-likeness (QED) is 0.291. The molecule has 0 aliphatic rings. The van der Waals surface area contributed by atoms with Crippen LogP contribution in [0.25, 0.3) is 23.0 Å². The fraction of sp³-hybridized carbons (Fsp3) is 0.240. The minimum absolute atomic E-state index is 0.0188. The van der Waals surface area contributed by atoms with Gasteiger partial charge < -0.3 is 9.63 Å². The van der Waals surface area contributed by atoms with Crippen LogP contribution in [-0.2, 0) is 18.7 Å². The Hall–Kier alpha value is -3.35. The van der Waals surface area contributed by atoms with E-state index in [0.717, 1.165) is 28.2 Å².